The Labute approximate surface area is 110 Å². The van der Waals surface area contributed by atoms with Crippen molar-refractivity contribution >= 4 is 11.8 Å². The molecule has 0 aliphatic rings. The maximum Gasteiger partial charge on any atom is 0.0198 e. The Kier molecular flexibility index (Phi) is 6.68. The van der Waals surface area contributed by atoms with Crippen LogP contribution in [0.3, 0.4) is 0 Å². The zero-order valence-electron chi connectivity index (χ0n) is 11.5. The minimum absolute atomic E-state index is 0.591. The van der Waals surface area contributed by atoms with Crippen LogP contribution in [0, 0.1) is 6.92 Å². The van der Waals surface area contributed by atoms with Crippen LogP contribution in [-0.4, -0.2) is 23.6 Å². The SMILES string of the molecule is CCNC(CSC(C)C)Cc1ccccc1C. The largest absolute Gasteiger partial charge is 0.313 e. The van der Waals surface area contributed by atoms with E-state index in [1.165, 1.54) is 16.9 Å². The highest BCUT2D eigenvalue weighted by molar-refractivity contribution is 7.99. The first kappa shape index (κ1) is 14.6. The van der Waals surface area contributed by atoms with Gasteiger partial charge in [-0.3, -0.25) is 0 Å². The van der Waals surface area contributed by atoms with E-state index in [0.717, 1.165) is 13.0 Å². The van der Waals surface area contributed by atoms with Gasteiger partial charge in [0.1, 0.15) is 0 Å². The van der Waals surface area contributed by atoms with Gasteiger partial charge < -0.3 is 5.32 Å². The standard InChI is InChI=1S/C15H25NS/c1-5-16-15(11-17-12(2)3)10-14-9-7-6-8-13(14)4/h6-9,12,15-16H,5,10-11H2,1-4H3. The Hall–Kier alpha value is -0.470. The summed E-state index contributed by atoms with van der Waals surface area (Å²) in [6.45, 7) is 9.97. The molecule has 1 aromatic carbocycles. The van der Waals surface area contributed by atoms with E-state index in [-0.39, 0.29) is 0 Å². The Bertz CT molecular complexity index is 322. The molecule has 1 atom stereocenters. The van der Waals surface area contributed by atoms with Crippen molar-refractivity contribution in [2.45, 2.75) is 45.4 Å². The molecule has 0 saturated heterocycles. The minimum Gasteiger partial charge on any atom is -0.313 e. The monoisotopic (exact) mass is 251 g/mol. The van der Waals surface area contributed by atoms with Gasteiger partial charge in [0.15, 0.2) is 0 Å². The van der Waals surface area contributed by atoms with Crippen LogP contribution in [0.4, 0.5) is 0 Å². The third kappa shape index (κ3) is 5.60. The maximum absolute atomic E-state index is 3.59. The Balaban J connectivity index is 2.56. The molecule has 1 unspecified atom stereocenters. The third-order valence-corrected chi connectivity index (χ3v) is 4.11. The van der Waals surface area contributed by atoms with Crippen LogP contribution >= 0.6 is 11.8 Å². The van der Waals surface area contributed by atoms with Crippen molar-refractivity contribution in [1.29, 1.82) is 0 Å². The van der Waals surface area contributed by atoms with Crippen LogP contribution < -0.4 is 5.32 Å². The fourth-order valence-corrected chi connectivity index (χ4v) is 2.74. The second-order valence-electron chi connectivity index (χ2n) is 4.77. The van der Waals surface area contributed by atoms with Crippen LogP contribution in [0.5, 0.6) is 0 Å². The van der Waals surface area contributed by atoms with Crippen molar-refractivity contribution in [2.24, 2.45) is 0 Å². The predicted molar refractivity (Wildman–Crippen MR) is 79.9 cm³/mol. The molecular weight excluding hydrogens is 226 g/mol. The molecule has 2 heteroatoms. The summed E-state index contributed by atoms with van der Waals surface area (Å²) in [4.78, 5) is 0. The van der Waals surface area contributed by atoms with E-state index in [9.17, 15) is 0 Å². The smallest absolute Gasteiger partial charge is 0.0198 e. The number of aryl methyl sites for hydroxylation is 1. The highest BCUT2D eigenvalue weighted by Crippen LogP contribution is 2.15. The molecule has 0 fully saturated rings. The van der Waals surface area contributed by atoms with Crippen LogP contribution in [0.15, 0.2) is 24.3 Å². The molecule has 1 N–H and O–H groups in total. The number of thioether (sulfide) groups is 1. The van der Waals surface area contributed by atoms with E-state index in [1.54, 1.807) is 0 Å². The maximum atomic E-state index is 3.59. The highest BCUT2D eigenvalue weighted by atomic mass is 32.2. The van der Waals surface area contributed by atoms with Crippen LogP contribution in [0.1, 0.15) is 31.9 Å². The molecule has 96 valence electrons. The van der Waals surface area contributed by atoms with Crippen molar-refractivity contribution in [2.75, 3.05) is 12.3 Å². The third-order valence-electron chi connectivity index (χ3n) is 2.85. The average molecular weight is 251 g/mol. The number of benzene rings is 1. The van der Waals surface area contributed by atoms with Gasteiger partial charge >= 0.3 is 0 Å². The molecule has 0 aliphatic heterocycles. The Morgan fingerprint density at radius 1 is 1.24 bits per heavy atom. The number of nitrogens with one attached hydrogen (secondary N) is 1. The van der Waals surface area contributed by atoms with Gasteiger partial charge in [-0.05, 0) is 36.3 Å². The molecule has 0 bridgehead atoms. The van der Waals surface area contributed by atoms with Crippen LogP contribution in [0.2, 0.25) is 0 Å². The van der Waals surface area contributed by atoms with Crippen LogP contribution in [0.25, 0.3) is 0 Å². The first-order valence-corrected chi connectivity index (χ1v) is 7.57. The number of hydrogen-bond donors (Lipinski definition) is 1. The summed E-state index contributed by atoms with van der Waals surface area (Å²) in [7, 11) is 0. The molecule has 1 rings (SSSR count). The lowest BCUT2D eigenvalue weighted by atomic mass is 10.0. The summed E-state index contributed by atoms with van der Waals surface area (Å²) in [6.07, 6.45) is 1.14. The van der Waals surface area contributed by atoms with Gasteiger partial charge in [-0.15, -0.1) is 0 Å². The quantitative estimate of drug-likeness (QED) is 0.794. The minimum atomic E-state index is 0.591. The lowest BCUT2D eigenvalue weighted by Gasteiger charge is -2.19. The van der Waals surface area contributed by atoms with Crippen molar-refractivity contribution in [3.05, 3.63) is 35.4 Å². The van der Waals surface area contributed by atoms with Gasteiger partial charge in [0.2, 0.25) is 0 Å². The molecule has 0 radical (unpaired) electrons. The van der Waals surface area contributed by atoms with Crippen molar-refractivity contribution < 1.29 is 0 Å². The molecule has 0 amide bonds. The van der Waals surface area contributed by atoms with Crippen LogP contribution in [-0.2, 0) is 6.42 Å². The number of likely N-dealkylation sites (N-methyl/N-ethyl adjacent to an activating group) is 1. The van der Waals surface area contributed by atoms with Gasteiger partial charge in [0.25, 0.3) is 0 Å². The fraction of sp³-hybridized carbons (Fsp3) is 0.600. The topological polar surface area (TPSA) is 12.0 Å². The molecule has 1 aromatic rings. The number of hydrogen-bond acceptors (Lipinski definition) is 2. The highest BCUT2D eigenvalue weighted by Gasteiger charge is 2.10. The molecular formula is C15H25NS. The average Bonchev–Trinajstić information content (AvgIpc) is 2.29. The second-order valence-corrected chi connectivity index (χ2v) is 6.38. The van der Waals surface area contributed by atoms with Gasteiger partial charge in [-0.2, -0.15) is 11.8 Å². The zero-order valence-corrected chi connectivity index (χ0v) is 12.3. The van der Waals surface area contributed by atoms with E-state index in [4.69, 9.17) is 0 Å². The molecule has 0 spiro atoms. The first-order valence-electron chi connectivity index (χ1n) is 6.53. The molecule has 0 saturated carbocycles. The summed E-state index contributed by atoms with van der Waals surface area (Å²) in [5, 5.41) is 4.31. The van der Waals surface area contributed by atoms with E-state index >= 15 is 0 Å². The van der Waals surface area contributed by atoms with E-state index in [0.29, 0.717) is 11.3 Å². The summed E-state index contributed by atoms with van der Waals surface area (Å²) in [5.41, 5.74) is 2.88. The normalized spacial score (nSPS) is 13.0. The van der Waals surface area contributed by atoms with Gasteiger partial charge in [-0.1, -0.05) is 45.0 Å². The summed E-state index contributed by atoms with van der Waals surface area (Å²) >= 11 is 2.04. The first-order chi connectivity index (χ1) is 8.13. The molecule has 1 nitrogen and oxygen atoms in total. The zero-order chi connectivity index (χ0) is 12.7. The van der Waals surface area contributed by atoms with E-state index in [2.05, 4.69) is 57.3 Å². The Morgan fingerprint density at radius 3 is 2.53 bits per heavy atom. The van der Waals surface area contributed by atoms with Crippen molar-refractivity contribution in [3.8, 4) is 0 Å². The van der Waals surface area contributed by atoms with Gasteiger partial charge in [0.05, 0.1) is 0 Å². The molecule has 0 aromatic heterocycles. The lowest BCUT2D eigenvalue weighted by Crippen LogP contribution is -2.33. The van der Waals surface area contributed by atoms with Gasteiger partial charge in [-0.25, -0.2) is 0 Å². The molecule has 0 heterocycles. The molecule has 0 aliphatic carbocycles. The second kappa shape index (κ2) is 7.78. The summed E-state index contributed by atoms with van der Waals surface area (Å²) < 4.78 is 0. The lowest BCUT2D eigenvalue weighted by molar-refractivity contribution is 0.571. The van der Waals surface area contributed by atoms with E-state index < -0.39 is 0 Å². The van der Waals surface area contributed by atoms with Gasteiger partial charge in [0, 0.05) is 11.8 Å². The summed E-state index contributed by atoms with van der Waals surface area (Å²) in [6, 6.07) is 9.30. The summed E-state index contributed by atoms with van der Waals surface area (Å²) in [5.74, 6) is 1.19. The predicted octanol–water partition coefficient (Wildman–Crippen LogP) is 3.66. The number of rotatable bonds is 7. The van der Waals surface area contributed by atoms with Crippen molar-refractivity contribution in [3.63, 3.8) is 0 Å². The molecule has 17 heavy (non-hydrogen) atoms. The van der Waals surface area contributed by atoms with E-state index in [1.807, 2.05) is 11.8 Å². The van der Waals surface area contributed by atoms with Crippen molar-refractivity contribution in [1.82, 2.24) is 5.32 Å². The fourth-order valence-electron chi connectivity index (χ4n) is 1.89. The Morgan fingerprint density at radius 2 is 1.94 bits per heavy atom.